The van der Waals surface area contributed by atoms with E-state index in [9.17, 15) is 15.0 Å². The summed E-state index contributed by atoms with van der Waals surface area (Å²) in [6.45, 7) is 0.416. The van der Waals surface area contributed by atoms with E-state index in [1.165, 1.54) is 11.3 Å². The van der Waals surface area contributed by atoms with Crippen LogP contribution in [-0.2, 0) is 11.2 Å². The first-order valence-electron chi connectivity index (χ1n) is 7.15. The molecule has 0 spiro atoms. The number of aliphatic hydroxyl groups is 2. The minimum atomic E-state index is -1.53. The van der Waals surface area contributed by atoms with Gasteiger partial charge in [0.2, 0.25) is 0 Å². The van der Waals surface area contributed by atoms with Crippen molar-refractivity contribution < 1.29 is 15.0 Å². The van der Waals surface area contributed by atoms with Crippen molar-refractivity contribution in [1.29, 1.82) is 0 Å². The number of rotatable bonds is 6. The van der Waals surface area contributed by atoms with Crippen LogP contribution < -0.4 is 5.32 Å². The van der Waals surface area contributed by atoms with Crippen molar-refractivity contribution in [1.82, 2.24) is 10.3 Å². The summed E-state index contributed by atoms with van der Waals surface area (Å²) in [5.74, 6) is -0.591. The molecule has 0 radical (unpaired) electrons. The minimum Gasteiger partial charge on any atom is -0.383 e. The molecule has 3 aromatic rings. The Morgan fingerprint density at radius 2 is 2.09 bits per heavy atom. The zero-order valence-corrected chi connectivity index (χ0v) is 13.8. The van der Waals surface area contributed by atoms with E-state index in [2.05, 4.69) is 10.3 Å². The van der Waals surface area contributed by atoms with Gasteiger partial charge < -0.3 is 15.5 Å². The van der Waals surface area contributed by atoms with E-state index in [1.54, 1.807) is 11.3 Å². The van der Waals surface area contributed by atoms with Crippen LogP contribution in [0.25, 0.3) is 10.2 Å². The number of nitrogens with one attached hydrogen (secondary N) is 1. The highest BCUT2D eigenvalue weighted by Gasteiger charge is 2.28. The lowest BCUT2D eigenvalue weighted by molar-refractivity contribution is -0.135. The Bertz CT molecular complexity index is 753. The standard InChI is InChI=1S/C16H16N2O3S2/c19-13(15(21)17-7-5-10-6-8-22-9-10)14(20)16-18-11-3-1-2-4-12(11)23-16/h1-4,6,8-9,13-14,19-20H,5,7H2,(H,17,21)/t13-,14-/m0/s1. The predicted octanol–water partition coefficient (Wildman–Crippen LogP) is 2.11. The van der Waals surface area contributed by atoms with Gasteiger partial charge in [0.15, 0.2) is 6.10 Å². The summed E-state index contributed by atoms with van der Waals surface area (Å²) >= 11 is 2.87. The van der Waals surface area contributed by atoms with Crippen LogP contribution in [0.15, 0.2) is 41.1 Å². The molecule has 7 heteroatoms. The minimum absolute atomic E-state index is 0.340. The van der Waals surface area contributed by atoms with Gasteiger partial charge in [-0.3, -0.25) is 4.79 Å². The van der Waals surface area contributed by atoms with Crippen LogP contribution in [0.3, 0.4) is 0 Å². The maximum atomic E-state index is 12.0. The fourth-order valence-corrected chi connectivity index (χ4v) is 3.85. The van der Waals surface area contributed by atoms with Crippen molar-refractivity contribution in [3.8, 4) is 0 Å². The Hall–Kier alpha value is -1.80. The average Bonchev–Trinajstić information content (AvgIpc) is 3.22. The van der Waals surface area contributed by atoms with Gasteiger partial charge in [-0.1, -0.05) is 12.1 Å². The van der Waals surface area contributed by atoms with E-state index in [0.717, 1.165) is 15.8 Å². The first-order valence-corrected chi connectivity index (χ1v) is 8.91. The number of para-hydroxylation sites is 1. The molecule has 0 aliphatic heterocycles. The lowest BCUT2D eigenvalue weighted by Gasteiger charge is -2.15. The number of aliphatic hydroxyl groups excluding tert-OH is 2. The van der Waals surface area contributed by atoms with Crippen LogP contribution in [-0.4, -0.2) is 33.8 Å². The second-order valence-electron chi connectivity index (χ2n) is 5.08. The molecule has 2 atom stereocenters. The largest absolute Gasteiger partial charge is 0.383 e. The third-order valence-electron chi connectivity index (χ3n) is 3.42. The number of nitrogens with zero attached hydrogens (tertiary/aromatic N) is 1. The van der Waals surface area contributed by atoms with Crippen molar-refractivity contribution in [2.24, 2.45) is 0 Å². The number of carbonyl (C=O) groups is 1. The Morgan fingerprint density at radius 1 is 1.26 bits per heavy atom. The highest BCUT2D eigenvalue weighted by Crippen LogP contribution is 2.27. The molecule has 3 N–H and O–H groups in total. The zero-order valence-electron chi connectivity index (χ0n) is 12.2. The third kappa shape index (κ3) is 3.76. The lowest BCUT2D eigenvalue weighted by atomic mass is 10.2. The number of aromatic nitrogens is 1. The number of carbonyl (C=O) groups excluding carboxylic acids is 1. The third-order valence-corrected chi connectivity index (χ3v) is 5.26. The van der Waals surface area contributed by atoms with E-state index in [4.69, 9.17) is 0 Å². The van der Waals surface area contributed by atoms with Gasteiger partial charge in [-0.2, -0.15) is 11.3 Å². The summed E-state index contributed by atoms with van der Waals surface area (Å²) in [6.07, 6.45) is -2.16. The quantitative estimate of drug-likeness (QED) is 0.637. The van der Waals surface area contributed by atoms with Gasteiger partial charge in [0.05, 0.1) is 10.2 Å². The first-order chi connectivity index (χ1) is 11.1. The summed E-state index contributed by atoms with van der Waals surface area (Å²) in [4.78, 5) is 16.2. The smallest absolute Gasteiger partial charge is 0.252 e. The summed E-state index contributed by atoms with van der Waals surface area (Å²) in [5.41, 5.74) is 1.88. The van der Waals surface area contributed by atoms with Crippen LogP contribution >= 0.6 is 22.7 Å². The van der Waals surface area contributed by atoms with Crippen molar-refractivity contribution >= 4 is 38.8 Å². The van der Waals surface area contributed by atoms with E-state index in [0.29, 0.717) is 18.0 Å². The van der Waals surface area contributed by atoms with Gasteiger partial charge in [-0.25, -0.2) is 4.98 Å². The molecule has 2 aromatic heterocycles. The molecular weight excluding hydrogens is 332 g/mol. The van der Waals surface area contributed by atoms with Crippen LogP contribution in [0.5, 0.6) is 0 Å². The van der Waals surface area contributed by atoms with Crippen molar-refractivity contribution in [2.75, 3.05) is 6.54 Å². The summed E-state index contributed by atoms with van der Waals surface area (Å²) in [6, 6.07) is 9.44. The van der Waals surface area contributed by atoms with Crippen LogP contribution in [0.1, 0.15) is 16.7 Å². The Balaban J connectivity index is 1.59. The maximum Gasteiger partial charge on any atom is 0.252 e. The summed E-state index contributed by atoms with van der Waals surface area (Å²) < 4.78 is 0.909. The molecule has 120 valence electrons. The van der Waals surface area contributed by atoms with E-state index < -0.39 is 18.1 Å². The fourth-order valence-electron chi connectivity index (χ4n) is 2.16. The van der Waals surface area contributed by atoms with Crippen LogP contribution in [0.4, 0.5) is 0 Å². The molecule has 1 amide bonds. The molecular formula is C16H16N2O3S2. The Kier molecular flexibility index (Phi) is 5.02. The van der Waals surface area contributed by atoms with Crippen molar-refractivity contribution in [2.45, 2.75) is 18.6 Å². The molecule has 0 aliphatic carbocycles. The van der Waals surface area contributed by atoms with Gasteiger partial charge in [0.1, 0.15) is 11.1 Å². The van der Waals surface area contributed by atoms with Crippen molar-refractivity contribution in [3.63, 3.8) is 0 Å². The van der Waals surface area contributed by atoms with Gasteiger partial charge in [-0.05, 0) is 40.9 Å². The molecule has 5 nitrogen and oxygen atoms in total. The molecule has 0 bridgehead atoms. The predicted molar refractivity (Wildman–Crippen MR) is 91.6 cm³/mol. The maximum absolute atomic E-state index is 12.0. The number of thiazole rings is 1. The number of hydrogen-bond donors (Lipinski definition) is 3. The molecule has 2 heterocycles. The van der Waals surface area contributed by atoms with E-state index in [-0.39, 0.29) is 0 Å². The molecule has 0 aliphatic rings. The first kappa shape index (κ1) is 16.1. The van der Waals surface area contributed by atoms with Gasteiger partial charge >= 0.3 is 0 Å². The zero-order chi connectivity index (χ0) is 16.2. The van der Waals surface area contributed by atoms with Gasteiger partial charge in [0, 0.05) is 6.54 Å². The second-order valence-corrected chi connectivity index (χ2v) is 6.92. The number of fused-ring (bicyclic) bond motifs is 1. The number of benzene rings is 1. The fraction of sp³-hybridized carbons (Fsp3) is 0.250. The molecule has 23 heavy (non-hydrogen) atoms. The van der Waals surface area contributed by atoms with E-state index in [1.807, 2.05) is 41.1 Å². The summed E-state index contributed by atoms with van der Waals surface area (Å²) in [7, 11) is 0. The normalized spacial score (nSPS) is 13.8. The molecule has 1 aromatic carbocycles. The number of thiophene rings is 1. The van der Waals surface area contributed by atoms with Crippen molar-refractivity contribution in [3.05, 3.63) is 51.7 Å². The highest BCUT2D eigenvalue weighted by molar-refractivity contribution is 7.18. The van der Waals surface area contributed by atoms with Gasteiger partial charge in [-0.15, -0.1) is 11.3 Å². The number of amides is 1. The van der Waals surface area contributed by atoms with E-state index >= 15 is 0 Å². The summed E-state index contributed by atoms with van der Waals surface area (Å²) in [5, 5.41) is 27.2. The molecule has 0 saturated heterocycles. The SMILES string of the molecule is O=C(NCCc1ccsc1)[C@@H](O)[C@H](O)c1nc2ccccc2s1. The number of hydrogen-bond acceptors (Lipinski definition) is 6. The topological polar surface area (TPSA) is 82.5 Å². The molecule has 0 saturated carbocycles. The lowest BCUT2D eigenvalue weighted by Crippen LogP contribution is -2.39. The Labute approximate surface area is 141 Å². The Morgan fingerprint density at radius 3 is 2.83 bits per heavy atom. The monoisotopic (exact) mass is 348 g/mol. The van der Waals surface area contributed by atoms with Gasteiger partial charge in [0.25, 0.3) is 5.91 Å². The molecule has 3 rings (SSSR count). The van der Waals surface area contributed by atoms with Crippen LogP contribution in [0.2, 0.25) is 0 Å². The average molecular weight is 348 g/mol. The molecule has 0 fully saturated rings. The highest BCUT2D eigenvalue weighted by atomic mass is 32.1. The second kappa shape index (κ2) is 7.18. The van der Waals surface area contributed by atoms with Crippen LogP contribution in [0, 0.1) is 0 Å². The molecule has 0 unspecified atom stereocenters.